The van der Waals surface area contributed by atoms with Crippen LogP contribution < -0.4 is 4.90 Å². The Morgan fingerprint density at radius 3 is 1.87 bits per heavy atom. The van der Waals surface area contributed by atoms with Gasteiger partial charge in [0.1, 0.15) is 11.2 Å². The SMILES string of the molecule is c1ccc(-c2ccc3c(c2)oc2ccc(N(c4cccc5sc6ccccc6c45)c4ccc(-c5ccccc5)c5sc6ccccc6c45)cc23)cc1. The number of fused-ring (bicyclic) bond motifs is 9. The van der Waals surface area contributed by atoms with Gasteiger partial charge in [0.15, 0.2) is 0 Å². The van der Waals surface area contributed by atoms with Gasteiger partial charge in [0, 0.05) is 56.8 Å². The maximum atomic E-state index is 6.54. The summed E-state index contributed by atoms with van der Waals surface area (Å²) in [5.74, 6) is 0. The Bertz CT molecular complexity index is 3130. The molecular weight excluding hydrogens is 671 g/mol. The van der Waals surface area contributed by atoms with Crippen molar-refractivity contribution in [1.29, 1.82) is 0 Å². The minimum absolute atomic E-state index is 0.883. The minimum Gasteiger partial charge on any atom is -0.456 e. The van der Waals surface area contributed by atoms with Gasteiger partial charge in [0.2, 0.25) is 0 Å². The van der Waals surface area contributed by atoms with Crippen LogP contribution in [-0.4, -0.2) is 0 Å². The highest BCUT2D eigenvalue weighted by molar-refractivity contribution is 7.26. The van der Waals surface area contributed by atoms with E-state index in [9.17, 15) is 0 Å². The van der Waals surface area contributed by atoms with Gasteiger partial charge >= 0.3 is 0 Å². The lowest BCUT2D eigenvalue weighted by molar-refractivity contribution is 0.669. The fourth-order valence-electron chi connectivity index (χ4n) is 7.91. The molecule has 0 spiro atoms. The molecule has 3 heterocycles. The van der Waals surface area contributed by atoms with Crippen molar-refractivity contribution in [3.63, 3.8) is 0 Å². The molecule has 2 nitrogen and oxygen atoms in total. The predicted octanol–water partition coefficient (Wildman–Crippen LogP) is 15.1. The molecule has 0 saturated heterocycles. The quantitative estimate of drug-likeness (QED) is 0.178. The fourth-order valence-corrected chi connectivity index (χ4v) is 10.3. The van der Waals surface area contributed by atoms with Crippen LogP contribution in [0.5, 0.6) is 0 Å². The molecule has 0 amide bonds. The molecule has 11 rings (SSSR count). The van der Waals surface area contributed by atoms with E-state index in [0.717, 1.165) is 44.6 Å². The molecular formula is C48H29NOS2. The second-order valence-electron chi connectivity index (χ2n) is 13.2. The van der Waals surface area contributed by atoms with Crippen LogP contribution in [0.3, 0.4) is 0 Å². The Balaban J connectivity index is 1.21. The number of hydrogen-bond donors (Lipinski definition) is 0. The summed E-state index contributed by atoms with van der Waals surface area (Å²) in [6.07, 6.45) is 0. The van der Waals surface area contributed by atoms with Crippen LogP contribution in [0.1, 0.15) is 0 Å². The normalized spacial score (nSPS) is 11.8. The second kappa shape index (κ2) is 11.7. The van der Waals surface area contributed by atoms with E-state index in [1.54, 1.807) is 0 Å². The molecule has 4 heteroatoms. The number of nitrogens with zero attached hydrogens (tertiary/aromatic N) is 1. The average molecular weight is 700 g/mol. The zero-order valence-corrected chi connectivity index (χ0v) is 29.5. The third kappa shape index (κ3) is 4.55. The maximum Gasteiger partial charge on any atom is 0.136 e. The molecule has 0 N–H and O–H groups in total. The van der Waals surface area contributed by atoms with Crippen molar-refractivity contribution in [3.8, 4) is 22.3 Å². The number of thiophene rings is 2. The zero-order chi connectivity index (χ0) is 34.2. The molecule has 0 atom stereocenters. The molecule has 0 aliphatic rings. The van der Waals surface area contributed by atoms with E-state index in [2.05, 4.69) is 181 Å². The Labute approximate surface area is 308 Å². The molecule has 0 bridgehead atoms. The lowest BCUT2D eigenvalue weighted by Gasteiger charge is -2.28. The summed E-state index contributed by atoms with van der Waals surface area (Å²) in [4.78, 5) is 2.49. The van der Waals surface area contributed by atoms with Gasteiger partial charge < -0.3 is 9.32 Å². The van der Waals surface area contributed by atoms with Gasteiger partial charge in [-0.3, -0.25) is 0 Å². The van der Waals surface area contributed by atoms with Crippen molar-refractivity contribution in [2.75, 3.05) is 4.90 Å². The van der Waals surface area contributed by atoms with Gasteiger partial charge in [-0.25, -0.2) is 0 Å². The standard InChI is InChI=1S/C48H29NOS2/c1-3-12-30(13-4-1)32-22-24-35-38-29-33(23-27-41(38)50-42(35)28-32)49(39-18-11-21-45-46(39)36-16-7-9-19-43(36)51-45)40-26-25-34(31-14-5-2-6-15-31)48-47(40)37-17-8-10-20-44(37)52-48/h1-29H. The molecule has 0 saturated carbocycles. The van der Waals surface area contributed by atoms with E-state index in [1.165, 1.54) is 57.0 Å². The Hall–Kier alpha value is -6.20. The monoisotopic (exact) mass is 699 g/mol. The first-order valence-electron chi connectivity index (χ1n) is 17.5. The molecule has 0 unspecified atom stereocenters. The van der Waals surface area contributed by atoms with E-state index in [1.807, 2.05) is 22.7 Å². The molecule has 3 aromatic heterocycles. The van der Waals surface area contributed by atoms with Gasteiger partial charge in [-0.1, -0.05) is 115 Å². The highest BCUT2D eigenvalue weighted by atomic mass is 32.1. The van der Waals surface area contributed by atoms with E-state index < -0.39 is 0 Å². The van der Waals surface area contributed by atoms with E-state index >= 15 is 0 Å². The van der Waals surface area contributed by atoms with Gasteiger partial charge in [-0.2, -0.15) is 0 Å². The number of rotatable bonds is 5. The Morgan fingerprint density at radius 2 is 1.06 bits per heavy atom. The third-order valence-electron chi connectivity index (χ3n) is 10.3. The molecule has 0 fully saturated rings. The van der Waals surface area contributed by atoms with Crippen molar-refractivity contribution in [3.05, 3.63) is 176 Å². The van der Waals surface area contributed by atoms with E-state index in [-0.39, 0.29) is 0 Å². The minimum atomic E-state index is 0.883. The summed E-state index contributed by atoms with van der Waals surface area (Å²) in [5, 5.41) is 7.30. The first kappa shape index (κ1) is 29.5. The van der Waals surface area contributed by atoms with Crippen molar-refractivity contribution >= 4 is 102 Å². The molecule has 8 aromatic carbocycles. The van der Waals surface area contributed by atoms with Gasteiger partial charge in [0.05, 0.1) is 11.4 Å². The zero-order valence-electron chi connectivity index (χ0n) is 27.9. The molecule has 11 aromatic rings. The maximum absolute atomic E-state index is 6.54. The van der Waals surface area contributed by atoms with E-state index in [0.29, 0.717) is 0 Å². The second-order valence-corrected chi connectivity index (χ2v) is 15.4. The Morgan fingerprint density at radius 1 is 0.385 bits per heavy atom. The summed E-state index contributed by atoms with van der Waals surface area (Å²) >= 11 is 3.74. The van der Waals surface area contributed by atoms with Crippen molar-refractivity contribution in [2.24, 2.45) is 0 Å². The number of furan rings is 1. The fraction of sp³-hybridized carbons (Fsp3) is 0. The lowest BCUT2D eigenvalue weighted by Crippen LogP contribution is -2.11. The summed E-state index contributed by atoms with van der Waals surface area (Å²) in [7, 11) is 0. The molecule has 0 aliphatic carbocycles. The van der Waals surface area contributed by atoms with Crippen LogP contribution >= 0.6 is 22.7 Å². The number of benzene rings is 8. The average Bonchev–Trinajstić information content (AvgIpc) is 3.90. The smallest absolute Gasteiger partial charge is 0.136 e. The summed E-state index contributed by atoms with van der Waals surface area (Å²) < 4.78 is 11.7. The molecule has 244 valence electrons. The predicted molar refractivity (Wildman–Crippen MR) is 225 cm³/mol. The van der Waals surface area contributed by atoms with Crippen LogP contribution in [0.25, 0.3) is 84.5 Å². The summed E-state index contributed by atoms with van der Waals surface area (Å²) in [6.45, 7) is 0. The third-order valence-corrected chi connectivity index (χ3v) is 12.6. The summed E-state index contributed by atoms with van der Waals surface area (Å²) in [5.41, 5.74) is 10.0. The van der Waals surface area contributed by atoms with Crippen molar-refractivity contribution < 1.29 is 4.42 Å². The van der Waals surface area contributed by atoms with Gasteiger partial charge in [-0.15, -0.1) is 22.7 Å². The summed E-state index contributed by atoms with van der Waals surface area (Å²) in [6, 6.07) is 63.6. The van der Waals surface area contributed by atoms with Crippen molar-refractivity contribution in [1.82, 2.24) is 0 Å². The molecule has 0 radical (unpaired) electrons. The topological polar surface area (TPSA) is 16.4 Å². The van der Waals surface area contributed by atoms with Crippen LogP contribution in [0.15, 0.2) is 180 Å². The van der Waals surface area contributed by atoms with Crippen LogP contribution in [-0.2, 0) is 0 Å². The first-order chi connectivity index (χ1) is 25.8. The lowest BCUT2D eigenvalue weighted by atomic mass is 9.99. The van der Waals surface area contributed by atoms with Crippen LogP contribution in [0.4, 0.5) is 17.1 Å². The van der Waals surface area contributed by atoms with Gasteiger partial charge in [0.25, 0.3) is 0 Å². The van der Waals surface area contributed by atoms with Crippen molar-refractivity contribution in [2.45, 2.75) is 0 Å². The molecule has 52 heavy (non-hydrogen) atoms. The largest absolute Gasteiger partial charge is 0.456 e. The number of anilines is 3. The highest BCUT2D eigenvalue weighted by Gasteiger charge is 2.24. The highest BCUT2D eigenvalue weighted by Crippen LogP contribution is 2.51. The van der Waals surface area contributed by atoms with E-state index in [4.69, 9.17) is 4.42 Å². The van der Waals surface area contributed by atoms with Crippen LogP contribution in [0, 0.1) is 0 Å². The molecule has 0 aliphatic heterocycles. The Kier molecular flexibility index (Phi) is 6.63. The first-order valence-corrected chi connectivity index (χ1v) is 19.1. The van der Waals surface area contributed by atoms with Gasteiger partial charge in [-0.05, 0) is 82.9 Å². The van der Waals surface area contributed by atoms with Crippen LogP contribution in [0.2, 0.25) is 0 Å². The number of hydrogen-bond acceptors (Lipinski definition) is 4.